The maximum absolute atomic E-state index is 13.7. The van der Waals surface area contributed by atoms with Crippen molar-refractivity contribution in [3.05, 3.63) is 60.2 Å². The van der Waals surface area contributed by atoms with Gasteiger partial charge in [-0.3, -0.25) is 14.8 Å². The van der Waals surface area contributed by atoms with Crippen molar-refractivity contribution in [1.82, 2.24) is 9.97 Å². The molecule has 1 aromatic carbocycles. The topological polar surface area (TPSA) is 115 Å². The van der Waals surface area contributed by atoms with Gasteiger partial charge >= 0.3 is 5.97 Å². The smallest absolute Gasteiger partial charge is 0.343 e. The van der Waals surface area contributed by atoms with Gasteiger partial charge in [0.05, 0.1) is 19.3 Å². The number of ether oxygens (including phenoxy) is 1. The molecule has 3 atom stereocenters. The Bertz CT molecular complexity index is 1020. The monoisotopic (exact) mass is 465 g/mol. The Morgan fingerprint density at radius 1 is 1.09 bits per heavy atom. The number of aliphatic hydroxyl groups is 1. The van der Waals surface area contributed by atoms with Crippen molar-refractivity contribution in [3.63, 3.8) is 0 Å². The van der Waals surface area contributed by atoms with Gasteiger partial charge < -0.3 is 20.1 Å². The highest BCUT2D eigenvalue weighted by molar-refractivity contribution is 5.82. The number of piperidine rings is 3. The molecule has 1 amide bonds. The highest BCUT2D eigenvalue weighted by atomic mass is 16.6. The standard InChI is InChI=1S/C26H32N4O4/c27-24(31)23(21-16-28-12-13-29-21)30-14-10-18(11-15-30)22(17-30)34-25(32)26(33,20-8-4-5-9-20)19-6-2-1-3-7-19/h1-3,6-7,12-13,16,18,20,22-23,33H,4-5,8-11,14-15,17H2,(H-,27,31)/p+1/t18?,22-,23?,26?,30?/m0/s1. The SMILES string of the molecule is NC(=O)C(c1cnccn1)[N+]12CCC(CC1)[C@@H](OC(=O)C(O)(c1ccccc1)C1CCCC1)C2. The first kappa shape index (κ1) is 22.9. The second kappa shape index (κ2) is 9.07. The fourth-order valence-electron chi connectivity index (χ4n) is 6.59. The minimum atomic E-state index is -1.66. The van der Waals surface area contributed by atoms with Gasteiger partial charge in [-0.15, -0.1) is 0 Å². The van der Waals surface area contributed by atoms with Crippen LogP contribution in [0.2, 0.25) is 0 Å². The molecule has 1 aliphatic carbocycles. The normalized spacial score (nSPS) is 29.3. The Balaban J connectivity index is 1.42. The van der Waals surface area contributed by atoms with Gasteiger partial charge in [-0.2, -0.15) is 0 Å². The van der Waals surface area contributed by atoms with Crippen molar-refractivity contribution in [2.75, 3.05) is 19.6 Å². The lowest BCUT2D eigenvalue weighted by Crippen LogP contribution is -2.67. The van der Waals surface area contributed by atoms with E-state index in [1.165, 1.54) is 0 Å². The van der Waals surface area contributed by atoms with Gasteiger partial charge in [0.25, 0.3) is 5.91 Å². The highest BCUT2D eigenvalue weighted by Crippen LogP contribution is 2.45. The fourth-order valence-corrected chi connectivity index (χ4v) is 6.59. The minimum Gasteiger partial charge on any atom is -0.454 e. The average molecular weight is 466 g/mol. The van der Waals surface area contributed by atoms with Crippen LogP contribution in [0.1, 0.15) is 55.8 Å². The third-order valence-corrected chi connectivity index (χ3v) is 8.37. The number of hydrogen-bond acceptors (Lipinski definition) is 6. The molecule has 0 spiro atoms. The summed E-state index contributed by atoms with van der Waals surface area (Å²) < 4.78 is 6.57. The molecule has 180 valence electrons. The first-order valence-corrected chi connectivity index (χ1v) is 12.3. The van der Waals surface area contributed by atoms with Gasteiger partial charge in [-0.05, 0) is 18.4 Å². The summed E-state index contributed by atoms with van der Waals surface area (Å²) >= 11 is 0. The van der Waals surface area contributed by atoms with E-state index in [4.69, 9.17) is 10.5 Å². The third-order valence-electron chi connectivity index (χ3n) is 8.37. The number of hydrogen-bond donors (Lipinski definition) is 2. The van der Waals surface area contributed by atoms with Gasteiger partial charge in [0, 0.05) is 37.1 Å². The molecule has 2 unspecified atom stereocenters. The van der Waals surface area contributed by atoms with E-state index in [0.29, 0.717) is 22.3 Å². The summed E-state index contributed by atoms with van der Waals surface area (Å²) in [5.74, 6) is -0.970. The number of carbonyl (C=O) groups is 2. The molecule has 3 saturated heterocycles. The molecular weight excluding hydrogens is 432 g/mol. The molecular formula is C26H33N4O4+. The molecule has 4 fully saturated rings. The quantitative estimate of drug-likeness (QED) is 0.479. The first-order valence-electron chi connectivity index (χ1n) is 12.3. The van der Waals surface area contributed by atoms with Crippen molar-refractivity contribution in [1.29, 1.82) is 0 Å². The molecule has 4 heterocycles. The Hall–Kier alpha value is -2.84. The highest BCUT2D eigenvalue weighted by Gasteiger charge is 2.56. The summed E-state index contributed by atoms with van der Waals surface area (Å²) in [5.41, 5.74) is 5.36. The summed E-state index contributed by atoms with van der Waals surface area (Å²) in [6.07, 6.45) is 9.60. The second-order valence-corrected chi connectivity index (χ2v) is 10.2. The molecule has 3 aliphatic heterocycles. The number of primary amides is 1. The number of benzene rings is 1. The van der Waals surface area contributed by atoms with Crippen LogP contribution in [-0.4, -0.2) is 57.2 Å². The Morgan fingerprint density at radius 3 is 2.41 bits per heavy atom. The molecule has 2 aromatic rings. The van der Waals surface area contributed by atoms with Gasteiger partial charge in [-0.25, -0.2) is 4.79 Å². The predicted molar refractivity (Wildman–Crippen MR) is 124 cm³/mol. The van der Waals surface area contributed by atoms with Crippen LogP contribution in [0.15, 0.2) is 48.9 Å². The summed E-state index contributed by atoms with van der Waals surface area (Å²) in [4.78, 5) is 34.8. The summed E-state index contributed by atoms with van der Waals surface area (Å²) in [6.45, 7) is 2.03. The average Bonchev–Trinajstić information content (AvgIpc) is 3.41. The van der Waals surface area contributed by atoms with Crippen LogP contribution >= 0.6 is 0 Å². The predicted octanol–water partition coefficient (Wildman–Crippen LogP) is 2.23. The number of nitrogens with two attached hydrogens (primary N) is 1. The van der Waals surface area contributed by atoms with E-state index >= 15 is 0 Å². The van der Waals surface area contributed by atoms with E-state index < -0.39 is 23.5 Å². The molecule has 1 saturated carbocycles. The lowest BCUT2D eigenvalue weighted by Gasteiger charge is -2.54. The van der Waals surface area contributed by atoms with Crippen LogP contribution in [0.25, 0.3) is 0 Å². The number of rotatable bonds is 7. The molecule has 8 heteroatoms. The van der Waals surface area contributed by atoms with E-state index in [0.717, 1.165) is 51.6 Å². The molecule has 34 heavy (non-hydrogen) atoms. The molecule has 6 rings (SSSR count). The van der Waals surface area contributed by atoms with E-state index in [1.807, 2.05) is 18.2 Å². The van der Waals surface area contributed by atoms with E-state index in [1.54, 1.807) is 30.7 Å². The summed E-state index contributed by atoms with van der Waals surface area (Å²) in [7, 11) is 0. The minimum absolute atomic E-state index is 0.162. The van der Waals surface area contributed by atoms with Crippen molar-refractivity contribution in [2.45, 2.75) is 56.3 Å². The van der Waals surface area contributed by atoms with E-state index in [2.05, 4.69) is 9.97 Å². The number of amides is 1. The molecule has 1 aromatic heterocycles. The van der Waals surface area contributed by atoms with Crippen LogP contribution in [0.4, 0.5) is 0 Å². The van der Waals surface area contributed by atoms with Gasteiger partial charge in [0.15, 0.2) is 11.7 Å². The van der Waals surface area contributed by atoms with Crippen molar-refractivity contribution in [2.24, 2.45) is 17.6 Å². The van der Waals surface area contributed by atoms with Crippen LogP contribution < -0.4 is 5.73 Å². The number of aromatic nitrogens is 2. The van der Waals surface area contributed by atoms with Gasteiger partial charge in [0.2, 0.25) is 6.04 Å². The maximum Gasteiger partial charge on any atom is 0.343 e. The maximum atomic E-state index is 13.7. The molecule has 3 N–H and O–H groups in total. The van der Waals surface area contributed by atoms with Crippen LogP contribution in [0.5, 0.6) is 0 Å². The first-order chi connectivity index (χ1) is 16.4. The third kappa shape index (κ3) is 3.88. The van der Waals surface area contributed by atoms with E-state index in [9.17, 15) is 14.7 Å². The number of carbonyl (C=O) groups excluding carboxylic acids is 2. The number of nitrogens with zero attached hydrogens (tertiary/aromatic N) is 3. The van der Waals surface area contributed by atoms with Crippen molar-refractivity contribution >= 4 is 11.9 Å². The molecule has 8 nitrogen and oxygen atoms in total. The number of quaternary nitrogens is 1. The summed E-state index contributed by atoms with van der Waals surface area (Å²) in [5, 5.41) is 11.8. The van der Waals surface area contributed by atoms with E-state index in [-0.39, 0.29) is 17.9 Å². The van der Waals surface area contributed by atoms with Crippen LogP contribution in [0, 0.1) is 11.8 Å². The van der Waals surface area contributed by atoms with Crippen LogP contribution in [0.3, 0.4) is 0 Å². The zero-order valence-corrected chi connectivity index (χ0v) is 19.4. The Labute approximate surface area is 199 Å². The lowest BCUT2D eigenvalue weighted by molar-refractivity contribution is -0.965. The Morgan fingerprint density at radius 2 is 1.79 bits per heavy atom. The summed E-state index contributed by atoms with van der Waals surface area (Å²) in [6, 6.07) is 8.54. The van der Waals surface area contributed by atoms with Crippen LogP contribution in [-0.2, 0) is 19.9 Å². The lowest BCUT2D eigenvalue weighted by atomic mass is 9.79. The zero-order chi connectivity index (χ0) is 23.8. The molecule has 4 aliphatic rings. The second-order valence-electron chi connectivity index (χ2n) is 10.2. The number of esters is 1. The molecule has 0 radical (unpaired) electrons. The van der Waals surface area contributed by atoms with Crippen molar-refractivity contribution in [3.8, 4) is 0 Å². The van der Waals surface area contributed by atoms with Gasteiger partial charge in [-0.1, -0.05) is 43.2 Å². The number of fused-ring (bicyclic) bond motifs is 3. The van der Waals surface area contributed by atoms with Crippen molar-refractivity contribution < 1.29 is 23.9 Å². The zero-order valence-electron chi connectivity index (χ0n) is 19.4. The molecule has 2 bridgehead atoms. The fraction of sp³-hybridized carbons (Fsp3) is 0.538. The van der Waals surface area contributed by atoms with Gasteiger partial charge in [0.1, 0.15) is 12.2 Å². The Kier molecular flexibility index (Phi) is 6.12. The largest absolute Gasteiger partial charge is 0.454 e.